The van der Waals surface area contributed by atoms with Gasteiger partial charge in [-0.2, -0.15) is 13.2 Å². The van der Waals surface area contributed by atoms with E-state index in [0.29, 0.717) is 5.92 Å². The van der Waals surface area contributed by atoms with Crippen molar-refractivity contribution < 1.29 is 18.0 Å². The number of amides is 1. The van der Waals surface area contributed by atoms with Gasteiger partial charge in [0.1, 0.15) is 0 Å². The average Bonchev–Trinajstić information content (AvgIpc) is 2.88. The molecule has 3 nitrogen and oxygen atoms in total. The zero-order valence-electron chi connectivity index (χ0n) is 12.1. The van der Waals surface area contributed by atoms with Crippen molar-refractivity contribution in [2.24, 2.45) is 11.3 Å². The fraction of sp³-hybridized carbons (Fsp3) is 0.929. The second kappa shape index (κ2) is 5.54. The first-order valence-electron chi connectivity index (χ1n) is 7.32. The average molecular weight is 292 g/mol. The standard InChI is InChI=1S/C14H23F3N2O/c1-10-3-5-11(6-4-10)19(2)12(20)13(14(15,16)17)7-8-18-9-13/h10-11,18H,3-9H2,1-2H3. The number of rotatable bonds is 2. The molecular weight excluding hydrogens is 269 g/mol. The number of carbonyl (C=O) groups is 1. The normalized spacial score (nSPS) is 35.0. The first kappa shape index (κ1) is 15.6. The van der Waals surface area contributed by atoms with Crippen molar-refractivity contribution >= 4 is 5.91 Å². The van der Waals surface area contributed by atoms with E-state index >= 15 is 0 Å². The predicted molar refractivity (Wildman–Crippen MR) is 70.2 cm³/mol. The van der Waals surface area contributed by atoms with Crippen LogP contribution >= 0.6 is 0 Å². The minimum absolute atomic E-state index is 0.0430. The Morgan fingerprint density at radius 3 is 2.30 bits per heavy atom. The van der Waals surface area contributed by atoms with Crippen molar-refractivity contribution in [3.8, 4) is 0 Å². The Balaban J connectivity index is 2.12. The van der Waals surface area contributed by atoms with E-state index in [1.54, 1.807) is 0 Å². The van der Waals surface area contributed by atoms with Crippen molar-refractivity contribution in [2.75, 3.05) is 20.1 Å². The van der Waals surface area contributed by atoms with Crippen LogP contribution in [0.25, 0.3) is 0 Å². The van der Waals surface area contributed by atoms with E-state index in [-0.39, 0.29) is 25.6 Å². The highest BCUT2D eigenvalue weighted by Crippen LogP contribution is 2.45. The number of nitrogens with one attached hydrogen (secondary N) is 1. The molecule has 6 heteroatoms. The maximum Gasteiger partial charge on any atom is 0.404 e. The molecule has 0 aromatic carbocycles. The molecule has 0 bridgehead atoms. The van der Waals surface area contributed by atoms with Crippen LogP contribution in [0.1, 0.15) is 39.0 Å². The number of hydrogen-bond acceptors (Lipinski definition) is 2. The number of alkyl halides is 3. The summed E-state index contributed by atoms with van der Waals surface area (Å²) in [6.45, 7) is 2.11. The van der Waals surface area contributed by atoms with Gasteiger partial charge in [-0.3, -0.25) is 4.79 Å². The molecule has 0 aromatic rings. The van der Waals surface area contributed by atoms with Crippen LogP contribution in [0.4, 0.5) is 13.2 Å². The monoisotopic (exact) mass is 292 g/mol. The first-order chi connectivity index (χ1) is 9.28. The van der Waals surface area contributed by atoms with Gasteiger partial charge in [-0.25, -0.2) is 0 Å². The number of nitrogens with zero attached hydrogens (tertiary/aromatic N) is 1. The van der Waals surface area contributed by atoms with Gasteiger partial charge < -0.3 is 10.2 Å². The molecule has 1 unspecified atom stereocenters. The summed E-state index contributed by atoms with van der Waals surface area (Å²) < 4.78 is 40.1. The lowest BCUT2D eigenvalue weighted by Gasteiger charge is -2.39. The van der Waals surface area contributed by atoms with Crippen LogP contribution < -0.4 is 5.32 Å². The lowest BCUT2D eigenvalue weighted by Crippen LogP contribution is -2.55. The van der Waals surface area contributed by atoms with Crippen LogP contribution in [-0.4, -0.2) is 43.2 Å². The van der Waals surface area contributed by atoms with Gasteiger partial charge in [0.05, 0.1) is 0 Å². The van der Waals surface area contributed by atoms with Gasteiger partial charge in [0, 0.05) is 19.6 Å². The molecule has 116 valence electrons. The molecule has 0 radical (unpaired) electrons. The smallest absolute Gasteiger partial charge is 0.342 e. The van der Waals surface area contributed by atoms with E-state index in [2.05, 4.69) is 12.2 Å². The molecule has 1 N–H and O–H groups in total. The van der Waals surface area contributed by atoms with Gasteiger partial charge in [-0.1, -0.05) is 6.92 Å². The number of halogens is 3. The molecule has 1 aliphatic heterocycles. The highest BCUT2D eigenvalue weighted by atomic mass is 19.4. The fourth-order valence-corrected chi connectivity index (χ4v) is 3.37. The van der Waals surface area contributed by atoms with E-state index in [0.717, 1.165) is 25.7 Å². The highest BCUT2D eigenvalue weighted by Gasteiger charge is 2.62. The molecule has 20 heavy (non-hydrogen) atoms. The Morgan fingerprint density at radius 2 is 1.85 bits per heavy atom. The Morgan fingerprint density at radius 1 is 1.25 bits per heavy atom. The Kier molecular flexibility index (Phi) is 4.33. The second-order valence-electron chi connectivity index (χ2n) is 6.34. The summed E-state index contributed by atoms with van der Waals surface area (Å²) in [5.41, 5.74) is -2.22. The van der Waals surface area contributed by atoms with Gasteiger partial charge in [0.2, 0.25) is 5.91 Å². The minimum atomic E-state index is -4.48. The predicted octanol–water partition coefficient (Wildman–Crippen LogP) is 2.57. The van der Waals surface area contributed by atoms with Gasteiger partial charge in [0.15, 0.2) is 5.41 Å². The zero-order valence-corrected chi connectivity index (χ0v) is 12.1. The summed E-state index contributed by atoms with van der Waals surface area (Å²) >= 11 is 0. The van der Waals surface area contributed by atoms with E-state index in [1.807, 2.05) is 0 Å². The van der Waals surface area contributed by atoms with Gasteiger partial charge in [-0.15, -0.1) is 0 Å². The van der Waals surface area contributed by atoms with Crippen LogP contribution in [0.15, 0.2) is 0 Å². The third-order valence-electron chi connectivity index (χ3n) is 4.96. The van der Waals surface area contributed by atoms with E-state index in [9.17, 15) is 18.0 Å². The molecule has 1 atom stereocenters. The molecule has 1 saturated heterocycles. The van der Waals surface area contributed by atoms with Crippen LogP contribution in [-0.2, 0) is 4.79 Å². The third-order valence-corrected chi connectivity index (χ3v) is 4.96. The van der Waals surface area contributed by atoms with Crippen LogP contribution in [0, 0.1) is 11.3 Å². The van der Waals surface area contributed by atoms with Crippen molar-refractivity contribution in [3.05, 3.63) is 0 Å². The third kappa shape index (κ3) is 2.67. The summed E-state index contributed by atoms with van der Waals surface area (Å²) in [6.07, 6.45) is -1.04. The quantitative estimate of drug-likeness (QED) is 0.848. The molecule has 2 rings (SSSR count). The fourth-order valence-electron chi connectivity index (χ4n) is 3.37. The Labute approximate surface area is 117 Å². The zero-order chi connectivity index (χ0) is 15.0. The highest BCUT2D eigenvalue weighted by molar-refractivity contribution is 5.84. The van der Waals surface area contributed by atoms with Gasteiger partial charge >= 0.3 is 6.18 Å². The van der Waals surface area contributed by atoms with E-state index in [4.69, 9.17) is 0 Å². The Hall–Kier alpha value is -0.780. The van der Waals surface area contributed by atoms with E-state index in [1.165, 1.54) is 11.9 Å². The molecule has 0 spiro atoms. The molecule has 1 aliphatic carbocycles. The molecule has 2 aliphatic rings. The van der Waals surface area contributed by atoms with E-state index < -0.39 is 17.5 Å². The lowest BCUT2D eigenvalue weighted by molar-refractivity contribution is -0.222. The van der Waals surface area contributed by atoms with Crippen molar-refractivity contribution in [1.29, 1.82) is 0 Å². The molecule has 2 fully saturated rings. The van der Waals surface area contributed by atoms with Crippen molar-refractivity contribution in [1.82, 2.24) is 10.2 Å². The topological polar surface area (TPSA) is 32.3 Å². The number of hydrogen-bond donors (Lipinski definition) is 1. The maximum absolute atomic E-state index is 13.4. The van der Waals surface area contributed by atoms with Crippen molar-refractivity contribution in [2.45, 2.75) is 51.2 Å². The largest absolute Gasteiger partial charge is 0.404 e. The maximum atomic E-state index is 13.4. The van der Waals surface area contributed by atoms with Crippen LogP contribution in [0.5, 0.6) is 0 Å². The number of carbonyl (C=O) groups excluding carboxylic acids is 1. The van der Waals surface area contributed by atoms with Gasteiger partial charge in [0.25, 0.3) is 0 Å². The lowest BCUT2D eigenvalue weighted by atomic mass is 9.82. The minimum Gasteiger partial charge on any atom is -0.342 e. The summed E-state index contributed by atoms with van der Waals surface area (Å²) in [7, 11) is 1.54. The van der Waals surface area contributed by atoms with Crippen LogP contribution in [0.3, 0.4) is 0 Å². The van der Waals surface area contributed by atoms with Gasteiger partial charge in [-0.05, 0) is 44.6 Å². The van der Waals surface area contributed by atoms with Crippen molar-refractivity contribution in [3.63, 3.8) is 0 Å². The molecular formula is C14H23F3N2O. The Bertz CT molecular complexity index is 356. The molecule has 1 saturated carbocycles. The first-order valence-corrected chi connectivity index (χ1v) is 7.32. The molecule has 0 aromatic heterocycles. The summed E-state index contributed by atoms with van der Waals surface area (Å²) in [4.78, 5) is 13.8. The molecule has 1 heterocycles. The SMILES string of the molecule is CC1CCC(N(C)C(=O)C2(C(F)(F)F)CCNC2)CC1. The molecule has 1 amide bonds. The summed E-state index contributed by atoms with van der Waals surface area (Å²) in [6, 6.07) is -0.0430. The van der Waals surface area contributed by atoms with Crippen LogP contribution in [0.2, 0.25) is 0 Å². The summed E-state index contributed by atoms with van der Waals surface area (Å²) in [5, 5.41) is 2.70. The second-order valence-corrected chi connectivity index (χ2v) is 6.34. The summed E-state index contributed by atoms with van der Waals surface area (Å²) in [5.74, 6) is -0.144.